The zero-order chi connectivity index (χ0) is 13.2. The summed E-state index contributed by atoms with van der Waals surface area (Å²) >= 11 is 0. The van der Waals surface area contributed by atoms with E-state index in [4.69, 9.17) is 0 Å². The van der Waals surface area contributed by atoms with Crippen molar-refractivity contribution in [2.75, 3.05) is 0 Å². The van der Waals surface area contributed by atoms with Gasteiger partial charge < -0.3 is 37.2 Å². The normalized spacial score (nSPS) is 9.64. The van der Waals surface area contributed by atoms with E-state index in [0.717, 1.165) is 0 Å². The Morgan fingerprint density at radius 2 is 1.41 bits per heavy atom. The third-order valence-electron chi connectivity index (χ3n) is 4.29. The minimum absolute atomic E-state index is 0. The van der Waals surface area contributed by atoms with Crippen LogP contribution in [0.2, 0.25) is 12.1 Å². The molecule has 0 N–H and O–H groups in total. The molecular weight excluding hydrogens is 386 g/mol. The molecule has 0 bridgehead atoms. The SMILES string of the molecule is CC[Si](CC)(c1ccccc1)[c-]1cc(C)cc1C.[Cl-].[Cl-].[Cl-].[Ti+4]. The molecule has 0 unspecified atom stereocenters. The summed E-state index contributed by atoms with van der Waals surface area (Å²) in [6.07, 6.45) is 0. The predicted octanol–water partition coefficient (Wildman–Crippen LogP) is -5.37. The Labute approximate surface area is 170 Å². The van der Waals surface area contributed by atoms with Gasteiger partial charge in [-0.15, -0.1) is 0 Å². The maximum atomic E-state index is 2.43. The van der Waals surface area contributed by atoms with E-state index in [0.29, 0.717) is 0 Å². The molecule has 0 nitrogen and oxygen atoms in total. The Bertz CT molecular complexity index is 522. The summed E-state index contributed by atoms with van der Waals surface area (Å²) in [5, 5.41) is 3.24. The molecule has 0 heterocycles. The first-order valence-corrected chi connectivity index (χ1v) is 9.35. The Morgan fingerprint density at radius 1 is 0.909 bits per heavy atom. The second-order valence-corrected chi connectivity index (χ2v) is 9.98. The van der Waals surface area contributed by atoms with Crippen LogP contribution in [0.3, 0.4) is 0 Å². The summed E-state index contributed by atoms with van der Waals surface area (Å²) < 4.78 is 0. The van der Waals surface area contributed by atoms with Gasteiger partial charge in [0, 0.05) is 0 Å². The molecule has 0 aliphatic carbocycles. The van der Waals surface area contributed by atoms with Gasteiger partial charge in [-0.1, -0.05) is 75.3 Å². The molecule has 0 saturated heterocycles. The van der Waals surface area contributed by atoms with Crippen LogP contribution in [-0.4, -0.2) is 8.07 Å². The molecule has 0 aliphatic rings. The molecule has 22 heavy (non-hydrogen) atoms. The molecule has 0 radical (unpaired) electrons. The molecule has 2 aromatic carbocycles. The van der Waals surface area contributed by atoms with Gasteiger partial charge in [-0.05, 0) is 0 Å². The first kappa shape index (κ1) is 27.2. The maximum Gasteiger partial charge on any atom is 4.00 e. The topological polar surface area (TPSA) is 0 Å². The Balaban J connectivity index is -0.000000902. The van der Waals surface area contributed by atoms with Gasteiger partial charge in [0.05, 0.1) is 8.07 Å². The summed E-state index contributed by atoms with van der Waals surface area (Å²) in [5.74, 6) is 0. The molecule has 2 aromatic rings. The van der Waals surface area contributed by atoms with Crippen LogP contribution in [0.4, 0.5) is 0 Å². The van der Waals surface area contributed by atoms with Gasteiger partial charge in [0.2, 0.25) is 0 Å². The fourth-order valence-corrected chi connectivity index (χ4v) is 7.82. The smallest absolute Gasteiger partial charge is 1.00 e. The van der Waals surface area contributed by atoms with Crippen LogP contribution in [0, 0.1) is 13.8 Å². The molecule has 0 amide bonds. The summed E-state index contributed by atoms with van der Waals surface area (Å²) in [4.78, 5) is 0. The third kappa shape index (κ3) is 5.19. The minimum Gasteiger partial charge on any atom is -1.00 e. The molecular formula is C17H23Cl3SiTi. The number of rotatable bonds is 4. The molecule has 2 rings (SSSR count). The molecule has 0 spiro atoms. The second-order valence-electron chi connectivity index (χ2n) is 5.28. The molecule has 0 atom stereocenters. The fourth-order valence-electron chi connectivity index (χ4n) is 3.27. The van der Waals surface area contributed by atoms with Crippen LogP contribution in [-0.2, 0) is 21.7 Å². The van der Waals surface area contributed by atoms with E-state index in [9.17, 15) is 0 Å². The summed E-state index contributed by atoms with van der Waals surface area (Å²) in [7, 11) is -1.52. The van der Waals surface area contributed by atoms with Crippen LogP contribution in [0.25, 0.3) is 0 Å². The monoisotopic (exact) mass is 408 g/mol. The van der Waals surface area contributed by atoms with Crippen molar-refractivity contribution in [3.8, 4) is 0 Å². The fraction of sp³-hybridized carbons (Fsp3) is 0.353. The number of hydrogen-bond acceptors (Lipinski definition) is 0. The minimum atomic E-state index is -1.52. The zero-order valence-corrected chi connectivity index (χ0v) is 18.4. The largest absolute Gasteiger partial charge is 4.00 e. The second kappa shape index (κ2) is 11.8. The zero-order valence-electron chi connectivity index (χ0n) is 13.6. The van der Waals surface area contributed by atoms with Crippen molar-refractivity contribution >= 4 is 18.4 Å². The van der Waals surface area contributed by atoms with Crippen molar-refractivity contribution in [2.24, 2.45) is 0 Å². The van der Waals surface area contributed by atoms with Gasteiger partial charge in [-0.3, -0.25) is 0 Å². The average Bonchev–Trinajstić information content (AvgIpc) is 2.73. The molecule has 0 aromatic heterocycles. The van der Waals surface area contributed by atoms with Crippen LogP contribution in [0.1, 0.15) is 25.0 Å². The standard InChI is InChI=1S/C17H23Si.3ClH.Ti/c1-5-18(6-2,16-10-8-7-9-11-16)17-13-14(3)12-15(17)4;;;;/h7-13H,5-6H2,1-4H3;3*1H;/q-1;;;;+4/p-3. The van der Waals surface area contributed by atoms with Crippen molar-refractivity contribution in [3.63, 3.8) is 0 Å². The summed E-state index contributed by atoms with van der Waals surface area (Å²) in [6.45, 7) is 9.22. The predicted molar refractivity (Wildman–Crippen MR) is 83.9 cm³/mol. The number of halogens is 3. The van der Waals surface area contributed by atoms with Crippen molar-refractivity contribution in [2.45, 2.75) is 39.8 Å². The van der Waals surface area contributed by atoms with Crippen molar-refractivity contribution in [1.29, 1.82) is 0 Å². The molecule has 0 aliphatic heterocycles. The first-order valence-electron chi connectivity index (χ1n) is 6.94. The van der Waals surface area contributed by atoms with E-state index in [1.54, 1.807) is 10.4 Å². The Kier molecular flexibility index (Phi) is 14.7. The quantitative estimate of drug-likeness (QED) is 0.350. The summed E-state index contributed by atoms with van der Waals surface area (Å²) in [5.41, 5.74) is 2.91. The number of aryl methyl sites for hydroxylation is 2. The molecule has 0 fully saturated rings. The Hall–Kier alpha value is 0.371. The van der Waals surface area contributed by atoms with Gasteiger partial charge in [0.25, 0.3) is 0 Å². The van der Waals surface area contributed by atoms with Crippen molar-refractivity contribution < 1.29 is 58.9 Å². The maximum absolute atomic E-state index is 2.43. The van der Waals surface area contributed by atoms with Crippen LogP contribution in [0.15, 0.2) is 42.5 Å². The van der Waals surface area contributed by atoms with E-state index in [1.807, 2.05) is 0 Å². The van der Waals surface area contributed by atoms with Gasteiger partial charge >= 0.3 is 21.7 Å². The van der Waals surface area contributed by atoms with Gasteiger partial charge in [-0.2, -0.15) is 16.8 Å². The van der Waals surface area contributed by atoms with Gasteiger partial charge in [0.15, 0.2) is 0 Å². The summed E-state index contributed by atoms with van der Waals surface area (Å²) in [6, 6.07) is 18.5. The number of benzene rings is 1. The van der Waals surface area contributed by atoms with E-state index in [2.05, 4.69) is 70.2 Å². The van der Waals surface area contributed by atoms with Crippen molar-refractivity contribution in [3.05, 3.63) is 53.6 Å². The number of hydrogen-bond donors (Lipinski definition) is 0. The van der Waals surface area contributed by atoms with Crippen LogP contribution >= 0.6 is 0 Å². The first-order chi connectivity index (χ1) is 8.64. The molecule has 120 valence electrons. The van der Waals surface area contributed by atoms with E-state index in [-0.39, 0.29) is 58.9 Å². The van der Waals surface area contributed by atoms with E-state index >= 15 is 0 Å². The van der Waals surface area contributed by atoms with E-state index in [1.165, 1.54) is 23.2 Å². The van der Waals surface area contributed by atoms with Gasteiger partial charge in [0.1, 0.15) is 0 Å². The Morgan fingerprint density at radius 3 is 1.77 bits per heavy atom. The molecule has 0 saturated carbocycles. The van der Waals surface area contributed by atoms with Crippen LogP contribution < -0.4 is 47.6 Å². The average molecular weight is 410 g/mol. The van der Waals surface area contributed by atoms with E-state index < -0.39 is 8.07 Å². The van der Waals surface area contributed by atoms with Gasteiger partial charge in [-0.25, -0.2) is 11.6 Å². The van der Waals surface area contributed by atoms with Crippen LogP contribution in [0.5, 0.6) is 0 Å². The third-order valence-corrected chi connectivity index (χ3v) is 9.71. The molecule has 5 heteroatoms. The van der Waals surface area contributed by atoms with Crippen molar-refractivity contribution in [1.82, 2.24) is 0 Å².